The second-order valence-electron chi connectivity index (χ2n) is 7.60. The van der Waals surface area contributed by atoms with E-state index in [0.29, 0.717) is 44.0 Å². The predicted molar refractivity (Wildman–Crippen MR) is 124 cm³/mol. The third-order valence-corrected chi connectivity index (χ3v) is 5.36. The summed E-state index contributed by atoms with van der Waals surface area (Å²) in [5, 5.41) is 12.5. The topological polar surface area (TPSA) is 85.7 Å². The van der Waals surface area contributed by atoms with Gasteiger partial charge in [0, 0.05) is 38.1 Å². The molecular formula is C25H27FN4O3. The predicted octanol–water partition coefficient (Wildman–Crippen LogP) is 3.95. The largest absolute Gasteiger partial charge is 0.462 e. The summed E-state index contributed by atoms with van der Waals surface area (Å²) < 4.78 is 18.4. The van der Waals surface area contributed by atoms with Crippen molar-refractivity contribution in [1.29, 1.82) is 5.26 Å². The average Bonchev–Trinajstić information content (AvgIpc) is 2.85. The number of ether oxygens (including phenoxy) is 1. The van der Waals surface area contributed by atoms with E-state index >= 15 is 0 Å². The summed E-state index contributed by atoms with van der Waals surface area (Å²) in [6.07, 6.45) is 3.03. The number of nitrogens with one attached hydrogen (secondary N) is 1. The van der Waals surface area contributed by atoms with E-state index in [-0.39, 0.29) is 17.3 Å². The smallest absolute Gasteiger partial charge is 0.340 e. The van der Waals surface area contributed by atoms with Gasteiger partial charge in [-0.25, -0.2) is 9.18 Å². The van der Waals surface area contributed by atoms with Crippen LogP contribution in [-0.4, -0.2) is 49.6 Å². The maximum absolute atomic E-state index is 13.1. The van der Waals surface area contributed by atoms with Gasteiger partial charge in [0.25, 0.3) is 5.91 Å². The molecule has 7 nitrogen and oxygen atoms in total. The number of piperazine rings is 1. The first-order chi connectivity index (χ1) is 16.0. The lowest BCUT2D eigenvalue weighted by Gasteiger charge is -2.36. The number of rotatable bonds is 8. The molecule has 0 aliphatic carbocycles. The number of benzene rings is 2. The monoisotopic (exact) mass is 450 g/mol. The molecule has 1 N–H and O–H groups in total. The summed E-state index contributed by atoms with van der Waals surface area (Å²) in [4.78, 5) is 28.9. The minimum absolute atomic E-state index is 0.0561. The Morgan fingerprint density at radius 1 is 1.12 bits per heavy atom. The molecule has 3 rings (SSSR count). The van der Waals surface area contributed by atoms with Gasteiger partial charge in [-0.2, -0.15) is 5.26 Å². The number of hydrogen-bond acceptors (Lipinski definition) is 6. The van der Waals surface area contributed by atoms with Crippen molar-refractivity contribution in [2.75, 3.05) is 43.0 Å². The molecular weight excluding hydrogens is 423 g/mol. The SMILES string of the molecule is CCCCOC(=O)c1ccccc1N/C=C(/C#N)C(=O)N1CCN(c2ccc(F)cc2)CC1. The summed E-state index contributed by atoms with van der Waals surface area (Å²) in [5.74, 6) is -1.13. The van der Waals surface area contributed by atoms with E-state index in [1.165, 1.54) is 18.3 Å². The molecule has 0 saturated carbocycles. The molecule has 172 valence electrons. The van der Waals surface area contributed by atoms with Gasteiger partial charge in [0.15, 0.2) is 0 Å². The van der Waals surface area contributed by atoms with Crippen LogP contribution >= 0.6 is 0 Å². The quantitative estimate of drug-likeness (QED) is 0.284. The molecule has 0 atom stereocenters. The van der Waals surface area contributed by atoms with Crippen LogP contribution in [0.4, 0.5) is 15.8 Å². The van der Waals surface area contributed by atoms with Crippen molar-refractivity contribution >= 4 is 23.3 Å². The van der Waals surface area contributed by atoms with Gasteiger partial charge in [0.1, 0.15) is 17.5 Å². The second kappa shape index (κ2) is 11.7. The number of carbonyl (C=O) groups excluding carboxylic acids is 2. The molecule has 1 aliphatic rings. The molecule has 33 heavy (non-hydrogen) atoms. The van der Waals surface area contributed by atoms with Crippen LogP contribution in [0.2, 0.25) is 0 Å². The molecule has 0 aromatic heterocycles. The Bertz CT molecular complexity index is 1040. The molecule has 1 amide bonds. The molecule has 1 aliphatic heterocycles. The van der Waals surface area contributed by atoms with Crippen LogP contribution in [0.25, 0.3) is 0 Å². The standard InChI is InChI=1S/C25H27FN4O3/c1-2-3-16-33-25(32)22-6-4-5-7-23(22)28-18-19(17-27)24(31)30-14-12-29(13-15-30)21-10-8-20(26)9-11-21/h4-11,18,28H,2-3,12-16H2,1H3/b19-18-. The van der Waals surface area contributed by atoms with Crippen molar-refractivity contribution < 1.29 is 18.7 Å². The van der Waals surface area contributed by atoms with Crippen LogP contribution in [0.5, 0.6) is 0 Å². The van der Waals surface area contributed by atoms with Crippen LogP contribution in [-0.2, 0) is 9.53 Å². The molecule has 2 aromatic rings. The highest BCUT2D eigenvalue weighted by Crippen LogP contribution is 2.19. The number of halogens is 1. The van der Waals surface area contributed by atoms with Crippen LogP contribution in [0.15, 0.2) is 60.3 Å². The average molecular weight is 451 g/mol. The van der Waals surface area contributed by atoms with E-state index < -0.39 is 5.97 Å². The van der Waals surface area contributed by atoms with E-state index in [4.69, 9.17) is 4.74 Å². The Kier molecular flexibility index (Phi) is 8.42. The summed E-state index contributed by atoms with van der Waals surface area (Å²) in [5.41, 5.74) is 1.63. The third kappa shape index (κ3) is 6.32. The first-order valence-corrected chi connectivity index (χ1v) is 11.0. The highest BCUT2D eigenvalue weighted by atomic mass is 19.1. The highest BCUT2D eigenvalue weighted by molar-refractivity contribution is 5.99. The first-order valence-electron chi connectivity index (χ1n) is 11.0. The third-order valence-electron chi connectivity index (χ3n) is 5.36. The van der Waals surface area contributed by atoms with Crippen LogP contribution in [0.1, 0.15) is 30.1 Å². The number of anilines is 2. The zero-order valence-electron chi connectivity index (χ0n) is 18.6. The Labute approximate surface area is 193 Å². The van der Waals surface area contributed by atoms with E-state index in [1.807, 2.05) is 13.0 Å². The molecule has 1 fully saturated rings. The number of esters is 1. The van der Waals surface area contributed by atoms with Gasteiger partial charge in [-0.15, -0.1) is 0 Å². The number of para-hydroxylation sites is 1. The van der Waals surface area contributed by atoms with Gasteiger partial charge >= 0.3 is 5.97 Å². The van der Waals surface area contributed by atoms with Crippen LogP contribution in [0.3, 0.4) is 0 Å². The van der Waals surface area contributed by atoms with Gasteiger partial charge in [-0.3, -0.25) is 4.79 Å². The minimum Gasteiger partial charge on any atom is -0.462 e. The summed E-state index contributed by atoms with van der Waals surface area (Å²) >= 11 is 0. The summed E-state index contributed by atoms with van der Waals surface area (Å²) in [6, 6.07) is 15.0. The highest BCUT2D eigenvalue weighted by Gasteiger charge is 2.24. The molecule has 1 heterocycles. The molecule has 0 radical (unpaired) electrons. The van der Waals surface area contributed by atoms with Crippen molar-refractivity contribution in [3.63, 3.8) is 0 Å². The maximum atomic E-state index is 13.1. The zero-order chi connectivity index (χ0) is 23.6. The first kappa shape index (κ1) is 23.8. The second-order valence-corrected chi connectivity index (χ2v) is 7.60. The fourth-order valence-electron chi connectivity index (χ4n) is 3.46. The van der Waals surface area contributed by atoms with Crippen molar-refractivity contribution in [3.8, 4) is 6.07 Å². The van der Waals surface area contributed by atoms with Crippen molar-refractivity contribution in [3.05, 3.63) is 71.7 Å². The molecule has 0 spiro atoms. The van der Waals surface area contributed by atoms with Gasteiger partial charge in [0.2, 0.25) is 0 Å². The molecule has 2 aromatic carbocycles. The van der Waals surface area contributed by atoms with Crippen molar-refractivity contribution in [1.82, 2.24) is 4.90 Å². The van der Waals surface area contributed by atoms with Crippen LogP contribution < -0.4 is 10.2 Å². The lowest BCUT2D eigenvalue weighted by atomic mass is 10.1. The fraction of sp³-hybridized carbons (Fsp3) is 0.320. The number of amides is 1. The van der Waals surface area contributed by atoms with E-state index in [2.05, 4.69) is 10.2 Å². The van der Waals surface area contributed by atoms with E-state index in [0.717, 1.165) is 18.5 Å². The Hall–Kier alpha value is -3.86. The van der Waals surface area contributed by atoms with E-state index in [9.17, 15) is 19.2 Å². The number of nitrogens with zero attached hydrogens (tertiary/aromatic N) is 3. The summed E-state index contributed by atoms with van der Waals surface area (Å²) in [7, 11) is 0. The Balaban J connectivity index is 1.62. The summed E-state index contributed by atoms with van der Waals surface area (Å²) in [6.45, 7) is 4.39. The Morgan fingerprint density at radius 3 is 2.48 bits per heavy atom. The number of carbonyl (C=O) groups is 2. The van der Waals surface area contributed by atoms with Crippen molar-refractivity contribution in [2.24, 2.45) is 0 Å². The lowest BCUT2D eigenvalue weighted by molar-refractivity contribution is -0.127. The van der Waals surface area contributed by atoms with Gasteiger partial charge in [-0.1, -0.05) is 25.5 Å². The van der Waals surface area contributed by atoms with Gasteiger partial charge in [0.05, 0.1) is 17.9 Å². The number of nitriles is 1. The minimum atomic E-state index is -0.457. The normalized spacial score (nSPS) is 13.9. The van der Waals surface area contributed by atoms with Crippen LogP contribution in [0, 0.1) is 17.1 Å². The number of unbranched alkanes of at least 4 members (excludes halogenated alkanes) is 1. The van der Waals surface area contributed by atoms with Gasteiger partial charge < -0.3 is 19.9 Å². The number of hydrogen-bond donors (Lipinski definition) is 1. The molecule has 1 saturated heterocycles. The fourth-order valence-corrected chi connectivity index (χ4v) is 3.46. The van der Waals surface area contributed by atoms with Crippen molar-refractivity contribution in [2.45, 2.75) is 19.8 Å². The van der Waals surface area contributed by atoms with E-state index in [1.54, 1.807) is 41.3 Å². The maximum Gasteiger partial charge on any atom is 0.340 e. The Morgan fingerprint density at radius 2 is 1.82 bits per heavy atom. The molecule has 8 heteroatoms. The lowest BCUT2D eigenvalue weighted by Crippen LogP contribution is -2.49. The van der Waals surface area contributed by atoms with Gasteiger partial charge in [-0.05, 0) is 42.8 Å². The zero-order valence-corrected chi connectivity index (χ0v) is 18.6. The molecule has 0 unspecified atom stereocenters. The molecule has 0 bridgehead atoms.